The number of hydrogen-bond donors (Lipinski definition) is 2. The molecule has 15 heteroatoms. The number of halogens is 2. The number of carbonyl (C=O) groups is 1. The summed E-state index contributed by atoms with van der Waals surface area (Å²) in [7, 11) is -0.453. The zero-order chi connectivity index (χ0) is 31.2. The molecular weight excluding hydrogens is 599 g/mol. The third kappa shape index (κ3) is 6.34. The van der Waals surface area contributed by atoms with Crippen LogP contribution < -0.4 is 20.5 Å². The van der Waals surface area contributed by atoms with Gasteiger partial charge in [-0.3, -0.25) is 18.8 Å². The molecule has 1 saturated heterocycles. The molecule has 12 nitrogen and oxygen atoms in total. The van der Waals surface area contributed by atoms with E-state index in [0.29, 0.717) is 54.0 Å². The van der Waals surface area contributed by atoms with Crippen molar-refractivity contribution >= 4 is 49.9 Å². The van der Waals surface area contributed by atoms with Gasteiger partial charge in [-0.25, -0.2) is 27.5 Å². The van der Waals surface area contributed by atoms with Crippen LogP contribution in [0.1, 0.15) is 59.2 Å². The van der Waals surface area contributed by atoms with Gasteiger partial charge in [0.25, 0.3) is 11.5 Å². The minimum absolute atomic E-state index is 0.0181. The molecule has 4 heterocycles. The maximum atomic E-state index is 14.3. The average Bonchev–Trinajstić information content (AvgIpc) is 3.28. The molecule has 1 atom stereocenters. The highest BCUT2D eigenvalue weighted by Crippen LogP contribution is 2.32. The molecule has 0 saturated carbocycles. The lowest BCUT2D eigenvalue weighted by Crippen LogP contribution is -2.36. The van der Waals surface area contributed by atoms with Gasteiger partial charge in [0.05, 0.1) is 35.1 Å². The Morgan fingerprint density at radius 2 is 1.86 bits per heavy atom. The highest BCUT2D eigenvalue weighted by molar-refractivity contribution is 7.89. The van der Waals surface area contributed by atoms with Crippen LogP contribution in [0, 0.1) is 12.7 Å². The van der Waals surface area contributed by atoms with Gasteiger partial charge < -0.3 is 10.2 Å². The van der Waals surface area contributed by atoms with E-state index < -0.39 is 22.0 Å². The maximum Gasteiger partial charge on any atom is 0.285 e. The Morgan fingerprint density at radius 1 is 1.16 bits per heavy atom. The van der Waals surface area contributed by atoms with Crippen LogP contribution in [-0.4, -0.2) is 58.0 Å². The highest BCUT2D eigenvalue weighted by Gasteiger charge is 2.28. The standard InChI is InChI=1S/C28H32ClFN8O4S/c1-15-12-18(16(2)31-21-6-7-22(29)32-24(21)27(39)35-43(5,41)42)23-19(13-15)28(40)37(4)25(33-23)17-8-10-38(11-9-17)26-20(30)14-36(3)34-26/h6-7,12-14,16-17,31H,8-11H2,1-5H3,(H,35,39)/t16-/m1/s1. The monoisotopic (exact) mass is 630 g/mol. The summed E-state index contributed by atoms with van der Waals surface area (Å²) in [5.74, 6) is -0.376. The van der Waals surface area contributed by atoms with Gasteiger partial charge in [-0.05, 0) is 50.5 Å². The van der Waals surface area contributed by atoms with Crippen molar-refractivity contribution in [2.75, 3.05) is 29.6 Å². The minimum Gasteiger partial charge on any atom is -0.377 e. The first-order chi connectivity index (χ1) is 20.2. The van der Waals surface area contributed by atoms with Gasteiger partial charge in [-0.2, -0.15) is 5.10 Å². The number of benzene rings is 1. The molecule has 0 radical (unpaired) electrons. The zero-order valence-corrected chi connectivity index (χ0v) is 25.9. The molecule has 228 valence electrons. The molecule has 1 fully saturated rings. The third-order valence-electron chi connectivity index (χ3n) is 7.51. The van der Waals surface area contributed by atoms with Gasteiger partial charge in [0.2, 0.25) is 10.0 Å². The number of rotatable bonds is 7. The maximum absolute atomic E-state index is 14.3. The van der Waals surface area contributed by atoms with E-state index in [1.165, 1.54) is 23.0 Å². The molecule has 0 unspecified atom stereocenters. The summed E-state index contributed by atoms with van der Waals surface area (Å²) in [5.41, 5.74) is 1.96. The van der Waals surface area contributed by atoms with Gasteiger partial charge in [0.1, 0.15) is 11.0 Å². The van der Waals surface area contributed by atoms with Crippen molar-refractivity contribution in [2.24, 2.45) is 14.1 Å². The lowest BCUT2D eigenvalue weighted by Gasteiger charge is -2.32. The second-order valence-corrected chi connectivity index (χ2v) is 13.1. The number of anilines is 2. The number of nitrogens with one attached hydrogen (secondary N) is 2. The highest BCUT2D eigenvalue weighted by atomic mass is 35.5. The normalized spacial score (nSPS) is 15.1. The van der Waals surface area contributed by atoms with E-state index in [1.54, 1.807) is 24.7 Å². The predicted octanol–water partition coefficient (Wildman–Crippen LogP) is 3.41. The summed E-state index contributed by atoms with van der Waals surface area (Å²) in [6, 6.07) is 6.26. The Kier molecular flexibility index (Phi) is 8.18. The molecule has 0 spiro atoms. The summed E-state index contributed by atoms with van der Waals surface area (Å²) in [6.07, 6.45) is 3.53. The van der Waals surface area contributed by atoms with E-state index in [0.717, 1.165) is 11.8 Å². The van der Waals surface area contributed by atoms with Crippen molar-refractivity contribution in [1.29, 1.82) is 0 Å². The number of hydrogen-bond acceptors (Lipinski definition) is 9. The largest absolute Gasteiger partial charge is 0.377 e. The Hall–Kier alpha value is -4.04. The Bertz CT molecular complexity index is 1900. The van der Waals surface area contributed by atoms with Crippen molar-refractivity contribution in [1.82, 2.24) is 29.0 Å². The fourth-order valence-corrected chi connectivity index (χ4v) is 6.11. The first-order valence-electron chi connectivity index (χ1n) is 13.6. The summed E-state index contributed by atoms with van der Waals surface area (Å²) in [4.78, 5) is 37.3. The molecule has 4 aromatic rings. The number of carbonyl (C=O) groups excluding carboxylic acids is 1. The summed E-state index contributed by atoms with van der Waals surface area (Å²) in [5, 5.41) is 7.94. The van der Waals surface area contributed by atoms with Crippen molar-refractivity contribution in [3.8, 4) is 0 Å². The van der Waals surface area contributed by atoms with Crippen LogP contribution in [0.2, 0.25) is 5.15 Å². The lowest BCUT2D eigenvalue weighted by atomic mass is 9.94. The summed E-state index contributed by atoms with van der Waals surface area (Å²) >= 11 is 6.02. The number of sulfonamides is 1. The molecule has 2 N–H and O–H groups in total. The molecule has 43 heavy (non-hydrogen) atoms. The topological polar surface area (TPSA) is 144 Å². The smallest absolute Gasteiger partial charge is 0.285 e. The first kappa shape index (κ1) is 30.4. The van der Waals surface area contributed by atoms with Crippen molar-refractivity contribution in [3.63, 3.8) is 0 Å². The number of amides is 1. The molecule has 1 aromatic carbocycles. The zero-order valence-electron chi connectivity index (χ0n) is 24.4. The van der Waals surface area contributed by atoms with Crippen LogP contribution in [0.3, 0.4) is 0 Å². The molecule has 1 aliphatic heterocycles. The number of nitrogens with zero attached hydrogens (tertiary/aromatic N) is 6. The molecule has 0 aliphatic carbocycles. The fraction of sp³-hybridized carbons (Fsp3) is 0.393. The van der Waals surface area contributed by atoms with Crippen LogP contribution >= 0.6 is 11.6 Å². The van der Waals surface area contributed by atoms with E-state index in [-0.39, 0.29) is 33.8 Å². The van der Waals surface area contributed by atoms with Crippen LogP contribution in [0.5, 0.6) is 0 Å². The van der Waals surface area contributed by atoms with E-state index in [2.05, 4.69) is 15.4 Å². The van der Waals surface area contributed by atoms with Crippen molar-refractivity contribution in [2.45, 2.75) is 38.6 Å². The Balaban J connectivity index is 1.49. The van der Waals surface area contributed by atoms with Crippen LogP contribution in [-0.2, 0) is 24.1 Å². The van der Waals surface area contributed by atoms with Gasteiger partial charge in [0, 0.05) is 38.7 Å². The van der Waals surface area contributed by atoms with E-state index >= 15 is 0 Å². The van der Waals surface area contributed by atoms with Crippen molar-refractivity contribution in [3.05, 3.63) is 74.4 Å². The second-order valence-electron chi connectivity index (χ2n) is 10.9. The van der Waals surface area contributed by atoms with E-state index in [4.69, 9.17) is 16.6 Å². The fourth-order valence-electron chi connectivity index (χ4n) is 5.53. The number of aryl methyl sites for hydroxylation is 2. The van der Waals surface area contributed by atoms with E-state index in [1.807, 2.05) is 29.5 Å². The summed E-state index contributed by atoms with van der Waals surface area (Å²) < 4.78 is 42.7. The third-order valence-corrected chi connectivity index (χ3v) is 8.27. The van der Waals surface area contributed by atoms with Crippen LogP contribution in [0.25, 0.3) is 10.9 Å². The van der Waals surface area contributed by atoms with Crippen LogP contribution in [0.15, 0.2) is 35.3 Å². The molecule has 1 aliphatic rings. The average molecular weight is 631 g/mol. The van der Waals surface area contributed by atoms with Gasteiger partial charge in [0.15, 0.2) is 17.3 Å². The molecular formula is C28H32ClFN8O4S. The Morgan fingerprint density at radius 3 is 2.49 bits per heavy atom. The Labute approximate surface area is 252 Å². The van der Waals surface area contributed by atoms with Gasteiger partial charge in [-0.15, -0.1) is 0 Å². The van der Waals surface area contributed by atoms with Gasteiger partial charge in [-0.1, -0.05) is 17.7 Å². The molecule has 3 aromatic heterocycles. The number of fused-ring (bicyclic) bond motifs is 1. The molecule has 5 rings (SSSR count). The van der Waals surface area contributed by atoms with E-state index in [9.17, 15) is 22.4 Å². The minimum atomic E-state index is -3.84. The quantitative estimate of drug-likeness (QED) is 0.294. The number of aromatic nitrogens is 5. The van der Waals surface area contributed by atoms with Gasteiger partial charge >= 0.3 is 0 Å². The summed E-state index contributed by atoms with van der Waals surface area (Å²) in [6.45, 7) is 4.85. The number of pyridine rings is 1. The molecule has 0 bridgehead atoms. The first-order valence-corrected chi connectivity index (χ1v) is 15.9. The molecule has 1 amide bonds. The second kappa shape index (κ2) is 11.6. The van der Waals surface area contributed by atoms with Crippen LogP contribution in [0.4, 0.5) is 15.9 Å². The lowest BCUT2D eigenvalue weighted by molar-refractivity contribution is 0.0977. The number of piperidine rings is 1. The van der Waals surface area contributed by atoms with Crippen molar-refractivity contribution < 1.29 is 17.6 Å². The SMILES string of the molecule is Cc1cc([C@@H](C)Nc2ccc(Cl)nc2C(=O)NS(C)(=O)=O)c2nc(C3CCN(c4nn(C)cc4F)CC3)n(C)c(=O)c2c1. The predicted molar refractivity (Wildman–Crippen MR) is 163 cm³/mol.